The number of nitrogens with zero attached hydrogens (tertiary/aromatic N) is 1. The minimum absolute atomic E-state index is 0.0342. The van der Waals surface area contributed by atoms with Gasteiger partial charge in [-0.25, -0.2) is 8.42 Å². The fourth-order valence-corrected chi connectivity index (χ4v) is 3.16. The number of phenols is 1. The monoisotopic (exact) mass is 306 g/mol. The lowest BCUT2D eigenvalue weighted by molar-refractivity contribution is 0.473. The molecule has 0 amide bonds. The third-order valence-electron chi connectivity index (χ3n) is 3.12. The second kappa shape index (κ2) is 6.13. The van der Waals surface area contributed by atoms with Crippen LogP contribution in [0.4, 0.5) is 5.69 Å². The fourth-order valence-electron chi connectivity index (χ4n) is 2.06. The molecule has 2 aromatic rings. The molecule has 1 heterocycles. The van der Waals surface area contributed by atoms with Crippen LogP contribution >= 0.6 is 0 Å². The van der Waals surface area contributed by atoms with Gasteiger partial charge in [0.05, 0.1) is 11.4 Å². The first-order valence-corrected chi connectivity index (χ1v) is 8.22. The van der Waals surface area contributed by atoms with Crippen LogP contribution in [0, 0.1) is 13.8 Å². The van der Waals surface area contributed by atoms with Crippen molar-refractivity contribution in [3.8, 4) is 5.75 Å². The van der Waals surface area contributed by atoms with Crippen LogP contribution in [0.25, 0.3) is 0 Å². The molecule has 1 aromatic carbocycles. The van der Waals surface area contributed by atoms with Gasteiger partial charge in [-0.2, -0.15) is 0 Å². The van der Waals surface area contributed by atoms with Crippen molar-refractivity contribution in [3.63, 3.8) is 0 Å². The SMILES string of the molecule is Cc1cc(C)c(O)c(NS(=O)(=O)CCc2ccncc2)c1. The van der Waals surface area contributed by atoms with E-state index in [0.717, 1.165) is 11.1 Å². The Kier molecular flexibility index (Phi) is 4.47. The van der Waals surface area contributed by atoms with E-state index in [1.54, 1.807) is 43.6 Å². The molecule has 2 N–H and O–H groups in total. The highest BCUT2D eigenvalue weighted by atomic mass is 32.2. The second-order valence-electron chi connectivity index (χ2n) is 5.00. The van der Waals surface area contributed by atoms with Crippen LogP contribution in [0.15, 0.2) is 36.7 Å². The van der Waals surface area contributed by atoms with Gasteiger partial charge in [-0.15, -0.1) is 0 Å². The molecular formula is C15H18N2O3S. The zero-order chi connectivity index (χ0) is 15.5. The van der Waals surface area contributed by atoms with Crippen LogP contribution in [0.1, 0.15) is 16.7 Å². The highest BCUT2D eigenvalue weighted by molar-refractivity contribution is 7.92. The largest absolute Gasteiger partial charge is 0.505 e. The van der Waals surface area contributed by atoms with Gasteiger partial charge >= 0.3 is 0 Å². The highest BCUT2D eigenvalue weighted by Gasteiger charge is 2.14. The third-order valence-corrected chi connectivity index (χ3v) is 4.39. The Morgan fingerprint density at radius 2 is 1.86 bits per heavy atom. The number of aromatic nitrogens is 1. The summed E-state index contributed by atoms with van der Waals surface area (Å²) in [6, 6.07) is 6.98. The average molecular weight is 306 g/mol. The van der Waals surface area contributed by atoms with Gasteiger partial charge in [0.15, 0.2) is 0 Å². The Hall–Kier alpha value is -2.08. The number of nitrogens with one attached hydrogen (secondary N) is 1. The molecule has 0 aliphatic carbocycles. The van der Waals surface area contributed by atoms with E-state index in [2.05, 4.69) is 9.71 Å². The van der Waals surface area contributed by atoms with E-state index in [9.17, 15) is 13.5 Å². The molecule has 1 aromatic heterocycles. The van der Waals surface area contributed by atoms with E-state index in [-0.39, 0.29) is 17.2 Å². The smallest absolute Gasteiger partial charge is 0.233 e. The predicted octanol–water partition coefficient (Wildman–Crippen LogP) is 2.39. The second-order valence-corrected chi connectivity index (χ2v) is 6.85. The Morgan fingerprint density at radius 3 is 2.52 bits per heavy atom. The molecule has 0 saturated carbocycles. The van der Waals surface area contributed by atoms with E-state index in [1.807, 2.05) is 6.92 Å². The van der Waals surface area contributed by atoms with E-state index in [0.29, 0.717) is 12.0 Å². The van der Waals surface area contributed by atoms with E-state index in [4.69, 9.17) is 0 Å². The van der Waals surface area contributed by atoms with Crippen molar-refractivity contribution in [1.82, 2.24) is 4.98 Å². The number of aromatic hydroxyl groups is 1. The number of anilines is 1. The van der Waals surface area contributed by atoms with E-state index in [1.165, 1.54) is 0 Å². The lowest BCUT2D eigenvalue weighted by atomic mass is 10.1. The summed E-state index contributed by atoms with van der Waals surface area (Å²) in [7, 11) is -3.52. The maximum atomic E-state index is 12.1. The minimum Gasteiger partial charge on any atom is -0.505 e. The summed E-state index contributed by atoms with van der Waals surface area (Å²) >= 11 is 0. The van der Waals surface area contributed by atoms with Crippen molar-refractivity contribution in [2.75, 3.05) is 10.5 Å². The van der Waals surface area contributed by atoms with Gasteiger partial charge in [-0.3, -0.25) is 9.71 Å². The van der Waals surface area contributed by atoms with Crippen molar-refractivity contribution < 1.29 is 13.5 Å². The van der Waals surface area contributed by atoms with Crippen molar-refractivity contribution >= 4 is 15.7 Å². The van der Waals surface area contributed by atoms with Crippen molar-refractivity contribution in [3.05, 3.63) is 53.3 Å². The van der Waals surface area contributed by atoms with E-state index >= 15 is 0 Å². The van der Waals surface area contributed by atoms with Crippen LogP contribution in [0.2, 0.25) is 0 Å². The van der Waals surface area contributed by atoms with Crippen LogP contribution in [0.5, 0.6) is 5.75 Å². The number of rotatable bonds is 5. The molecule has 0 aliphatic rings. The van der Waals surface area contributed by atoms with Gasteiger partial charge in [0.25, 0.3) is 0 Å². The molecular weight excluding hydrogens is 288 g/mol. The van der Waals surface area contributed by atoms with Crippen LogP contribution in [-0.2, 0) is 16.4 Å². The molecule has 0 bridgehead atoms. The molecule has 0 saturated heterocycles. The minimum atomic E-state index is -3.52. The summed E-state index contributed by atoms with van der Waals surface area (Å²) in [4.78, 5) is 3.89. The topological polar surface area (TPSA) is 79.3 Å². The van der Waals surface area contributed by atoms with Crippen molar-refractivity contribution in [1.29, 1.82) is 0 Å². The molecule has 0 atom stereocenters. The third kappa shape index (κ3) is 4.19. The quantitative estimate of drug-likeness (QED) is 0.831. The molecule has 5 nitrogen and oxygen atoms in total. The Labute approximate surface area is 124 Å². The summed E-state index contributed by atoms with van der Waals surface area (Å²) in [6.07, 6.45) is 3.65. The molecule has 0 aliphatic heterocycles. The first kappa shape index (κ1) is 15.3. The van der Waals surface area contributed by atoms with Gasteiger partial charge in [-0.05, 0) is 55.2 Å². The average Bonchev–Trinajstić information content (AvgIpc) is 2.43. The number of benzene rings is 1. The molecule has 21 heavy (non-hydrogen) atoms. The number of hydrogen-bond acceptors (Lipinski definition) is 4. The lowest BCUT2D eigenvalue weighted by Gasteiger charge is -2.12. The first-order valence-electron chi connectivity index (χ1n) is 6.57. The van der Waals surface area contributed by atoms with Gasteiger partial charge in [-0.1, -0.05) is 6.07 Å². The summed E-state index contributed by atoms with van der Waals surface area (Å²) in [6.45, 7) is 3.58. The summed E-state index contributed by atoms with van der Waals surface area (Å²) < 4.78 is 26.7. The lowest BCUT2D eigenvalue weighted by Crippen LogP contribution is -2.18. The van der Waals surface area contributed by atoms with Crippen molar-refractivity contribution in [2.24, 2.45) is 0 Å². The van der Waals surface area contributed by atoms with Gasteiger partial charge < -0.3 is 5.11 Å². The maximum absolute atomic E-state index is 12.1. The van der Waals surface area contributed by atoms with Gasteiger partial charge in [0.1, 0.15) is 5.75 Å². The van der Waals surface area contributed by atoms with Crippen LogP contribution in [0.3, 0.4) is 0 Å². The van der Waals surface area contributed by atoms with Gasteiger partial charge in [0.2, 0.25) is 10.0 Å². The number of phenolic OH excluding ortho intramolecular Hbond substituents is 1. The van der Waals surface area contributed by atoms with Crippen LogP contribution < -0.4 is 4.72 Å². The molecule has 112 valence electrons. The summed E-state index contributed by atoms with van der Waals surface area (Å²) in [5.41, 5.74) is 2.65. The predicted molar refractivity (Wildman–Crippen MR) is 82.9 cm³/mol. The van der Waals surface area contributed by atoms with Gasteiger partial charge in [0, 0.05) is 12.4 Å². The maximum Gasteiger partial charge on any atom is 0.233 e. The molecule has 6 heteroatoms. The standard InChI is InChI=1S/C15H18N2O3S/c1-11-9-12(2)15(18)14(10-11)17-21(19,20)8-5-13-3-6-16-7-4-13/h3-4,6-7,9-10,17-18H,5,8H2,1-2H3. The van der Waals surface area contributed by atoms with Crippen molar-refractivity contribution in [2.45, 2.75) is 20.3 Å². The summed E-state index contributed by atoms with van der Waals surface area (Å²) in [5.74, 6) is -0.0863. The zero-order valence-corrected chi connectivity index (χ0v) is 12.8. The zero-order valence-electron chi connectivity index (χ0n) is 12.0. The first-order chi connectivity index (χ1) is 9.87. The van der Waals surface area contributed by atoms with E-state index < -0.39 is 10.0 Å². The Balaban J connectivity index is 2.11. The molecule has 2 rings (SSSR count). The molecule has 0 fully saturated rings. The summed E-state index contributed by atoms with van der Waals surface area (Å²) in [5, 5.41) is 9.94. The molecule has 0 spiro atoms. The van der Waals surface area contributed by atoms with Crippen LogP contribution in [-0.4, -0.2) is 24.3 Å². The number of sulfonamides is 1. The normalized spacial score (nSPS) is 11.3. The number of pyridine rings is 1. The molecule has 0 radical (unpaired) electrons. The number of hydrogen-bond donors (Lipinski definition) is 2. The fraction of sp³-hybridized carbons (Fsp3) is 0.267. The Bertz CT molecular complexity index is 728. The number of aryl methyl sites for hydroxylation is 3. The molecule has 0 unspecified atom stereocenters. The highest BCUT2D eigenvalue weighted by Crippen LogP contribution is 2.29. The Morgan fingerprint density at radius 1 is 1.19 bits per heavy atom.